The summed E-state index contributed by atoms with van der Waals surface area (Å²) in [7, 11) is 0. The van der Waals surface area contributed by atoms with Crippen molar-refractivity contribution in [3.05, 3.63) is 58.1 Å². The molecule has 0 radical (unpaired) electrons. The van der Waals surface area contributed by atoms with Crippen molar-refractivity contribution in [2.45, 2.75) is 26.3 Å². The van der Waals surface area contributed by atoms with E-state index in [1.165, 1.54) is 5.56 Å². The molecule has 1 aromatic heterocycles. The third kappa shape index (κ3) is 3.85. The van der Waals surface area contributed by atoms with Gasteiger partial charge in [0.15, 0.2) is 0 Å². The van der Waals surface area contributed by atoms with Gasteiger partial charge in [0.2, 0.25) is 0 Å². The third-order valence-electron chi connectivity index (χ3n) is 2.99. The van der Waals surface area contributed by atoms with Gasteiger partial charge in [0.1, 0.15) is 5.82 Å². The first-order valence-electron chi connectivity index (χ1n) is 6.47. The third-order valence-corrected chi connectivity index (χ3v) is 3.76. The van der Waals surface area contributed by atoms with Crippen molar-refractivity contribution in [2.24, 2.45) is 0 Å². The second-order valence-electron chi connectivity index (χ2n) is 4.43. The molecule has 0 bridgehead atoms. The number of benzene rings is 1. The summed E-state index contributed by atoms with van der Waals surface area (Å²) in [6.45, 7) is 4.95. The molecule has 0 saturated carbocycles. The maximum Gasteiger partial charge on any atom is 0.125 e. The minimum Gasteiger partial charge on any atom is -0.309 e. The first kappa shape index (κ1) is 14.2. The zero-order chi connectivity index (χ0) is 13.7. The van der Waals surface area contributed by atoms with Crippen LogP contribution in [0.25, 0.3) is 0 Å². The van der Waals surface area contributed by atoms with Gasteiger partial charge in [0, 0.05) is 10.7 Å². The lowest BCUT2D eigenvalue weighted by molar-refractivity contribution is 0.533. The van der Waals surface area contributed by atoms with Crippen LogP contribution in [0.15, 0.2) is 41.0 Å². The van der Waals surface area contributed by atoms with Crippen LogP contribution in [0.4, 0.5) is 0 Å². The quantitative estimate of drug-likeness (QED) is 0.917. The summed E-state index contributed by atoms with van der Waals surface area (Å²) >= 11 is 3.60. The molecule has 4 heteroatoms. The second kappa shape index (κ2) is 6.78. The highest BCUT2D eigenvalue weighted by Gasteiger charge is 2.14. The van der Waals surface area contributed by atoms with Gasteiger partial charge < -0.3 is 5.32 Å². The lowest BCUT2D eigenvalue weighted by atomic mass is 10.0. The highest BCUT2D eigenvalue weighted by molar-refractivity contribution is 9.10. The highest BCUT2D eigenvalue weighted by atomic mass is 79.9. The standard InChI is InChI=1S/C15H18BrN3/c1-3-17-15(14-8-9-18-11(2)19-14)10-12-6-4-5-7-13(12)16/h4-9,15,17H,3,10H2,1-2H3. The fraction of sp³-hybridized carbons (Fsp3) is 0.333. The molecular formula is C15H18BrN3. The summed E-state index contributed by atoms with van der Waals surface area (Å²) in [5, 5.41) is 3.49. The monoisotopic (exact) mass is 319 g/mol. The van der Waals surface area contributed by atoms with Gasteiger partial charge in [0.25, 0.3) is 0 Å². The number of hydrogen-bond donors (Lipinski definition) is 1. The summed E-state index contributed by atoms with van der Waals surface area (Å²) < 4.78 is 1.14. The van der Waals surface area contributed by atoms with Crippen molar-refractivity contribution < 1.29 is 0 Å². The number of nitrogens with one attached hydrogen (secondary N) is 1. The normalized spacial score (nSPS) is 12.4. The van der Waals surface area contributed by atoms with E-state index in [9.17, 15) is 0 Å². The largest absolute Gasteiger partial charge is 0.309 e. The predicted molar refractivity (Wildman–Crippen MR) is 81.0 cm³/mol. The molecule has 1 heterocycles. The lowest BCUT2D eigenvalue weighted by Crippen LogP contribution is -2.24. The number of nitrogens with zero attached hydrogens (tertiary/aromatic N) is 2. The molecule has 0 aliphatic carbocycles. The summed E-state index contributed by atoms with van der Waals surface area (Å²) in [4.78, 5) is 8.69. The van der Waals surface area contributed by atoms with Crippen molar-refractivity contribution in [2.75, 3.05) is 6.54 Å². The number of hydrogen-bond acceptors (Lipinski definition) is 3. The Hall–Kier alpha value is -1.26. The van der Waals surface area contributed by atoms with E-state index >= 15 is 0 Å². The average molecular weight is 320 g/mol. The molecule has 0 saturated heterocycles. The fourth-order valence-corrected chi connectivity index (χ4v) is 2.53. The van der Waals surface area contributed by atoms with Gasteiger partial charge in [0.05, 0.1) is 11.7 Å². The van der Waals surface area contributed by atoms with E-state index in [1.54, 1.807) is 0 Å². The Balaban J connectivity index is 2.24. The Morgan fingerprint density at radius 1 is 1.26 bits per heavy atom. The van der Waals surface area contributed by atoms with Gasteiger partial charge in [-0.25, -0.2) is 9.97 Å². The summed E-state index contributed by atoms with van der Waals surface area (Å²) in [6.07, 6.45) is 2.73. The zero-order valence-corrected chi connectivity index (χ0v) is 12.8. The van der Waals surface area contributed by atoms with Gasteiger partial charge >= 0.3 is 0 Å². The van der Waals surface area contributed by atoms with E-state index in [0.717, 1.165) is 29.0 Å². The molecule has 1 N–H and O–H groups in total. The SMILES string of the molecule is CCNC(Cc1ccccc1Br)c1ccnc(C)n1. The molecule has 3 nitrogen and oxygen atoms in total. The lowest BCUT2D eigenvalue weighted by Gasteiger charge is -2.18. The van der Waals surface area contributed by atoms with E-state index in [1.807, 2.05) is 25.3 Å². The number of rotatable bonds is 5. The van der Waals surface area contributed by atoms with Crippen LogP contribution in [-0.2, 0) is 6.42 Å². The average Bonchev–Trinajstić information content (AvgIpc) is 2.40. The van der Waals surface area contributed by atoms with Crippen molar-refractivity contribution in [1.82, 2.24) is 15.3 Å². The first-order valence-corrected chi connectivity index (χ1v) is 7.26. The molecule has 0 aliphatic heterocycles. The first-order chi connectivity index (χ1) is 9.20. The van der Waals surface area contributed by atoms with E-state index < -0.39 is 0 Å². The van der Waals surface area contributed by atoms with Gasteiger partial charge in [-0.15, -0.1) is 0 Å². The molecule has 0 spiro atoms. The molecule has 0 amide bonds. The number of aryl methyl sites for hydroxylation is 1. The summed E-state index contributed by atoms with van der Waals surface area (Å²) in [5.74, 6) is 0.813. The van der Waals surface area contributed by atoms with Crippen molar-refractivity contribution in [1.29, 1.82) is 0 Å². The molecular weight excluding hydrogens is 302 g/mol. The zero-order valence-electron chi connectivity index (χ0n) is 11.2. The maximum atomic E-state index is 4.53. The molecule has 2 aromatic rings. The smallest absolute Gasteiger partial charge is 0.125 e. The van der Waals surface area contributed by atoms with Crippen LogP contribution in [0.1, 0.15) is 30.0 Å². The van der Waals surface area contributed by atoms with Crippen LogP contribution in [0.5, 0.6) is 0 Å². The van der Waals surface area contributed by atoms with Gasteiger partial charge in [-0.1, -0.05) is 41.1 Å². The van der Waals surface area contributed by atoms with Gasteiger partial charge in [-0.05, 0) is 37.6 Å². The van der Waals surface area contributed by atoms with Crippen LogP contribution >= 0.6 is 15.9 Å². The van der Waals surface area contributed by atoms with Gasteiger partial charge in [-0.2, -0.15) is 0 Å². The Morgan fingerprint density at radius 2 is 2.05 bits per heavy atom. The second-order valence-corrected chi connectivity index (χ2v) is 5.29. The van der Waals surface area contributed by atoms with Crippen LogP contribution in [-0.4, -0.2) is 16.5 Å². The van der Waals surface area contributed by atoms with E-state index in [4.69, 9.17) is 0 Å². The molecule has 0 fully saturated rings. The van der Waals surface area contributed by atoms with E-state index in [-0.39, 0.29) is 6.04 Å². The molecule has 19 heavy (non-hydrogen) atoms. The van der Waals surface area contributed by atoms with Crippen LogP contribution < -0.4 is 5.32 Å². The fourth-order valence-electron chi connectivity index (χ4n) is 2.08. The molecule has 1 unspecified atom stereocenters. The summed E-state index contributed by atoms with van der Waals surface area (Å²) in [6, 6.07) is 10.5. The van der Waals surface area contributed by atoms with Crippen molar-refractivity contribution in [3.8, 4) is 0 Å². The Bertz CT molecular complexity index is 542. The highest BCUT2D eigenvalue weighted by Crippen LogP contribution is 2.22. The molecule has 0 aliphatic rings. The Labute approximate surface area is 122 Å². The van der Waals surface area contributed by atoms with Gasteiger partial charge in [-0.3, -0.25) is 0 Å². The van der Waals surface area contributed by atoms with Crippen molar-refractivity contribution >= 4 is 15.9 Å². The molecule has 100 valence electrons. The van der Waals surface area contributed by atoms with Crippen molar-refractivity contribution in [3.63, 3.8) is 0 Å². The van der Waals surface area contributed by atoms with Crippen LogP contribution in [0.3, 0.4) is 0 Å². The van der Waals surface area contributed by atoms with E-state index in [0.29, 0.717) is 0 Å². The Morgan fingerprint density at radius 3 is 2.74 bits per heavy atom. The predicted octanol–water partition coefficient (Wildman–Crippen LogP) is 3.44. The summed E-state index contributed by atoms with van der Waals surface area (Å²) in [5.41, 5.74) is 2.33. The van der Waals surface area contributed by atoms with E-state index in [2.05, 4.69) is 56.3 Å². The minimum absolute atomic E-state index is 0.213. The number of aromatic nitrogens is 2. The molecule has 1 aromatic carbocycles. The maximum absolute atomic E-state index is 4.53. The minimum atomic E-state index is 0.213. The topological polar surface area (TPSA) is 37.8 Å². The van der Waals surface area contributed by atoms with Crippen LogP contribution in [0.2, 0.25) is 0 Å². The Kier molecular flexibility index (Phi) is 5.05. The number of likely N-dealkylation sites (N-methyl/N-ethyl adjacent to an activating group) is 1. The van der Waals surface area contributed by atoms with Crippen LogP contribution in [0, 0.1) is 6.92 Å². The molecule has 2 rings (SSSR count). The number of halogens is 1. The molecule has 1 atom stereocenters.